The van der Waals surface area contributed by atoms with Crippen LogP contribution in [0.2, 0.25) is 0 Å². The fourth-order valence-electron chi connectivity index (χ4n) is 2.30. The number of aryl methyl sites for hydroxylation is 2. The predicted molar refractivity (Wildman–Crippen MR) is 65.8 cm³/mol. The average Bonchev–Trinajstić information content (AvgIpc) is 2.61. The number of hydrogen-bond donors (Lipinski definition) is 2. The Morgan fingerprint density at radius 3 is 2.58 bits per heavy atom. The molecule has 1 heterocycles. The number of carboxylic acid groups (broad SMARTS) is 2. The zero-order chi connectivity index (χ0) is 14.2. The molecule has 6 heteroatoms. The molecule has 0 atom stereocenters. The maximum absolute atomic E-state index is 13.8. The lowest BCUT2D eigenvalue weighted by atomic mass is 10.1. The number of carboxylic acids is 2. The molecule has 0 radical (unpaired) electrons. The first-order valence-corrected chi connectivity index (χ1v) is 5.64. The van der Waals surface area contributed by atoms with E-state index in [1.54, 1.807) is 6.07 Å². The van der Waals surface area contributed by atoms with Crippen molar-refractivity contribution < 1.29 is 24.2 Å². The Kier molecular flexibility index (Phi) is 3.25. The molecule has 0 unspecified atom stereocenters. The quantitative estimate of drug-likeness (QED) is 0.886. The third-order valence-electron chi connectivity index (χ3n) is 3.06. The molecule has 2 aromatic rings. The standard InChI is InChI=1S/C13H12FNO4/c1-15-11-7(3-2-4-9(11)14)8(5-6-10(16)17)12(15)13(18)19/h2-4H,5-6H2,1H3,(H,16,17)(H,18,19). The van der Waals surface area contributed by atoms with Gasteiger partial charge in [0.15, 0.2) is 0 Å². The number of benzene rings is 1. The predicted octanol–water partition coefficient (Wildman–Crippen LogP) is 2.03. The number of aliphatic carboxylic acids is 1. The van der Waals surface area contributed by atoms with E-state index in [-0.39, 0.29) is 24.1 Å². The van der Waals surface area contributed by atoms with Crippen molar-refractivity contribution in [1.82, 2.24) is 4.57 Å². The SMILES string of the molecule is Cn1c(C(=O)O)c(CCC(=O)O)c2cccc(F)c21. The number of rotatable bonds is 4. The molecule has 19 heavy (non-hydrogen) atoms. The lowest BCUT2D eigenvalue weighted by Gasteiger charge is -2.01. The molecule has 0 bridgehead atoms. The van der Waals surface area contributed by atoms with Crippen LogP contribution in [-0.2, 0) is 18.3 Å². The molecular weight excluding hydrogens is 253 g/mol. The Labute approximate surface area is 107 Å². The zero-order valence-electron chi connectivity index (χ0n) is 10.2. The van der Waals surface area contributed by atoms with E-state index in [0.29, 0.717) is 10.9 Å². The lowest BCUT2D eigenvalue weighted by molar-refractivity contribution is -0.136. The van der Waals surface area contributed by atoms with Gasteiger partial charge in [-0.1, -0.05) is 12.1 Å². The van der Waals surface area contributed by atoms with Crippen LogP contribution < -0.4 is 0 Å². The molecule has 100 valence electrons. The number of halogens is 1. The first-order valence-electron chi connectivity index (χ1n) is 5.64. The second-order valence-electron chi connectivity index (χ2n) is 4.22. The average molecular weight is 265 g/mol. The summed E-state index contributed by atoms with van der Waals surface area (Å²) >= 11 is 0. The highest BCUT2D eigenvalue weighted by atomic mass is 19.1. The van der Waals surface area contributed by atoms with Gasteiger partial charge < -0.3 is 14.8 Å². The summed E-state index contributed by atoms with van der Waals surface area (Å²) in [6.45, 7) is 0. The molecule has 1 aromatic carbocycles. The van der Waals surface area contributed by atoms with Gasteiger partial charge >= 0.3 is 11.9 Å². The second kappa shape index (κ2) is 4.72. The maximum atomic E-state index is 13.8. The van der Waals surface area contributed by atoms with Crippen molar-refractivity contribution in [2.45, 2.75) is 12.8 Å². The van der Waals surface area contributed by atoms with Gasteiger partial charge in [-0.05, 0) is 18.1 Å². The monoisotopic (exact) mass is 265 g/mol. The van der Waals surface area contributed by atoms with Crippen LogP contribution in [0.5, 0.6) is 0 Å². The van der Waals surface area contributed by atoms with Crippen molar-refractivity contribution in [2.75, 3.05) is 0 Å². The van der Waals surface area contributed by atoms with Crippen LogP contribution in [0.4, 0.5) is 4.39 Å². The lowest BCUT2D eigenvalue weighted by Crippen LogP contribution is -2.08. The van der Waals surface area contributed by atoms with Gasteiger partial charge in [-0.2, -0.15) is 0 Å². The van der Waals surface area contributed by atoms with E-state index in [4.69, 9.17) is 5.11 Å². The van der Waals surface area contributed by atoms with Crippen LogP contribution in [0.15, 0.2) is 18.2 Å². The van der Waals surface area contributed by atoms with Crippen molar-refractivity contribution in [2.24, 2.45) is 7.05 Å². The van der Waals surface area contributed by atoms with Gasteiger partial charge in [-0.3, -0.25) is 4.79 Å². The van der Waals surface area contributed by atoms with E-state index in [1.807, 2.05) is 0 Å². The third-order valence-corrected chi connectivity index (χ3v) is 3.06. The summed E-state index contributed by atoms with van der Waals surface area (Å²) in [6, 6.07) is 4.32. The van der Waals surface area contributed by atoms with E-state index in [0.717, 1.165) is 0 Å². The summed E-state index contributed by atoms with van der Waals surface area (Å²) in [5.74, 6) is -2.74. The van der Waals surface area contributed by atoms with E-state index in [1.165, 1.54) is 23.7 Å². The molecule has 1 aromatic heterocycles. The number of nitrogens with zero attached hydrogens (tertiary/aromatic N) is 1. The van der Waals surface area contributed by atoms with Crippen LogP contribution >= 0.6 is 0 Å². The number of hydrogen-bond acceptors (Lipinski definition) is 2. The van der Waals surface area contributed by atoms with Crippen LogP contribution in [0.1, 0.15) is 22.5 Å². The molecule has 0 fully saturated rings. The van der Waals surface area contributed by atoms with Crippen molar-refractivity contribution in [3.8, 4) is 0 Å². The second-order valence-corrected chi connectivity index (χ2v) is 4.22. The first-order chi connectivity index (χ1) is 8.93. The molecule has 0 saturated carbocycles. The van der Waals surface area contributed by atoms with Gasteiger partial charge in [0.2, 0.25) is 0 Å². The summed E-state index contributed by atoms with van der Waals surface area (Å²) in [5, 5.41) is 18.4. The van der Waals surface area contributed by atoms with Crippen molar-refractivity contribution >= 4 is 22.8 Å². The summed E-state index contributed by atoms with van der Waals surface area (Å²) in [5.41, 5.74) is 0.466. The zero-order valence-corrected chi connectivity index (χ0v) is 10.2. The molecule has 0 saturated heterocycles. The molecular formula is C13H12FNO4. The highest BCUT2D eigenvalue weighted by Gasteiger charge is 2.22. The summed E-state index contributed by atoms with van der Waals surface area (Å²) in [4.78, 5) is 21.9. The third kappa shape index (κ3) is 2.16. The fraction of sp³-hybridized carbons (Fsp3) is 0.231. The molecule has 0 spiro atoms. The number of carbonyl (C=O) groups is 2. The summed E-state index contributed by atoms with van der Waals surface area (Å²) in [6.07, 6.45) is -0.145. The van der Waals surface area contributed by atoms with Gasteiger partial charge in [0.25, 0.3) is 0 Å². The Morgan fingerprint density at radius 2 is 2.00 bits per heavy atom. The largest absolute Gasteiger partial charge is 0.481 e. The minimum Gasteiger partial charge on any atom is -0.481 e. The highest BCUT2D eigenvalue weighted by molar-refractivity contribution is 5.98. The highest BCUT2D eigenvalue weighted by Crippen LogP contribution is 2.28. The summed E-state index contributed by atoms with van der Waals surface area (Å²) in [7, 11) is 1.46. The number of aromatic carboxylic acids is 1. The number of fused-ring (bicyclic) bond motifs is 1. The van der Waals surface area contributed by atoms with Crippen molar-refractivity contribution in [1.29, 1.82) is 0 Å². The van der Waals surface area contributed by atoms with Gasteiger partial charge in [0.05, 0.1) is 5.52 Å². The van der Waals surface area contributed by atoms with Crippen molar-refractivity contribution in [3.05, 3.63) is 35.3 Å². The first kappa shape index (κ1) is 13.1. The van der Waals surface area contributed by atoms with Crippen LogP contribution in [0.3, 0.4) is 0 Å². The van der Waals surface area contributed by atoms with E-state index in [9.17, 15) is 19.1 Å². The molecule has 0 aliphatic carbocycles. The molecule has 2 rings (SSSR count). The van der Waals surface area contributed by atoms with Gasteiger partial charge in [-0.15, -0.1) is 0 Å². The number of para-hydroxylation sites is 1. The topological polar surface area (TPSA) is 79.5 Å². The van der Waals surface area contributed by atoms with Crippen LogP contribution in [0.25, 0.3) is 10.9 Å². The Bertz CT molecular complexity index is 675. The normalized spacial score (nSPS) is 10.8. The fourth-order valence-corrected chi connectivity index (χ4v) is 2.30. The molecule has 2 N–H and O–H groups in total. The van der Waals surface area contributed by atoms with Gasteiger partial charge in [0, 0.05) is 18.9 Å². The van der Waals surface area contributed by atoms with Gasteiger partial charge in [-0.25, -0.2) is 9.18 Å². The van der Waals surface area contributed by atoms with E-state index >= 15 is 0 Å². The Balaban J connectivity index is 2.71. The van der Waals surface area contributed by atoms with E-state index in [2.05, 4.69) is 0 Å². The van der Waals surface area contributed by atoms with Gasteiger partial charge in [0.1, 0.15) is 11.5 Å². The van der Waals surface area contributed by atoms with Crippen LogP contribution in [0, 0.1) is 5.82 Å². The minimum atomic E-state index is -1.20. The summed E-state index contributed by atoms with van der Waals surface area (Å²) < 4.78 is 15.0. The molecule has 0 amide bonds. The molecule has 0 aliphatic rings. The van der Waals surface area contributed by atoms with Crippen molar-refractivity contribution in [3.63, 3.8) is 0 Å². The Morgan fingerprint density at radius 1 is 1.32 bits per heavy atom. The Hall–Kier alpha value is -2.37. The maximum Gasteiger partial charge on any atom is 0.352 e. The molecule has 0 aliphatic heterocycles. The molecule has 5 nitrogen and oxygen atoms in total. The minimum absolute atomic E-state index is 0.0533. The van der Waals surface area contributed by atoms with Crippen LogP contribution in [-0.4, -0.2) is 26.7 Å². The van der Waals surface area contributed by atoms with E-state index < -0.39 is 17.8 Å². The smallest absolute Gasteiger partial charge is 0.352 e. The number of aromatic nitrogens is 1.